The number of ether oxygens (including phenoxy) is 1. The summed E-state index contributed by atoms with van der Waals surface area (Å²) in [6, 6.07) is 14.5. The first-order valence-electron chi connectivity index (χ1n) is 11.2. The molecule has 33 heavy (non-hydrogen) atoms. The average Bonchev–Trinajstić information content (AvgIpc) is 2.83. The number of hydrogen-bond acceptors (Lipinski definition) is 7. The molecule has 0 bridgehead atoms. The predicted molar refractivity (Wildman–Crippen MR) is 129 cm³/mol. The SMILES string of the molecule is COc1cc2nc(C)nc(NC(C)c3cccc(C#N)c3C)c2cc1N1CCC(C#N)CC1. The fraction of sp³-hybridized carbons (Fsp3) is 0.385. The maximum atomic E-state index is 9.40. The fourth-order valence-electron chi connectivity index (χ4n) is 4.56. The lowest BCUT2D eigenvalue weighted by Gasteiger charge is -2.32. The molecule has 0 radical (unpaired) electrons. The van der Waals surface area contributed by atoms with Gasteiger partial charge in [0.1, 0.15) is 17.4 Å². The third-order valence-corrected chi connectivity index (χ3v) is 6.44. The Hall–Kier alpha value is -3.84. The van der Waals surface area contributed by atoms with E-state index in [2.05, 4.69) is 40.3 Å². The zero-order valence-corrected chi connectivity index (χ0v) is 19.5. The van der Waals surface area contributed by atoms with E-state index in [-0.39, 0.29) is 12.0 Å². The van der Waals surface area contributed by atoms with Crippen molar-refractivity contribution in [3.05, 3.63) is 52.8 Å². The van der Waals surface area contributed by atoms with Gasteiger partial charge in [0.25, 0.3) is 0 Å². The number of benzene rings is 2. The van der Waals surface area contributed by atoms with Crippen LogP contribution in [0.3, 0.4) is 0 Å². The lowest BCUT2D eigenvalue weighted by atomic mass is 9.97. The number of rotatable bonds is 5. The topological polar surface area (TPSA) is 97.9 Å². The average molecular weight is 441 g/mol. The lowest BCUT2D eigenvalue weighted by Crippen LogP contribution is -2.33. The second-order valence-corrected chi connectivity index (χ2v) is 8.55. The van der Waals surface area contributed by atoms with E-state index < -0.39 is 0 Å². The molecule has 168 valence electrons. The Kier molecular flexibility index (Phi) is 6.33. The van der Waals surface area contributed by atoms with E-state index in [4.69, 9.17) is 9.72 Å². The molecular formula is C26H28N6O. The van der Waals surface area contributed by atoms with Crippen LogP contribution in [0.15, 0.2) is 30.3 Å². The van der Waals surface area contributed by atoms with Crippen molar-refractivity contribution in [1.29, 1.82) is 10.5 Å². The smallest absolute Gasteiger partial charge is 0.144 e. The van der Waals surface area contributed by atoms with Gasteiger partial charge >= 0.3 is 0 Å². The van der Waals surface area contributed by atoms with Crippen LogP contribution in [0.5, 0.6) is 5.75 Å². The van der Waals surface area contributed by atoms with Gasteiger partial charge in [0.15, 0.2) is 0 Å². The van der Waals surface area contributed by atoms with E-state index >= 15 is 0 Å². The molecule has 0 aliphatic carbocycles. The number of aromatic nitrogens is 2. The number of piperidine rings is 1. The van der Waals surface area contributed by atoms with Crippen molar-refractivity contribution >= 4 is 22.4 Å². The highest BCUT2D eigenvalue weighted by Crippen LogP contribution is 2.37. The molecule has 7 nitrogen and oxygen atoms in total. The minimum absolute atomic E-state index is 0.0484. The zero-order valence-electron chi connectivity index (χ0n) is 19.5. The van der Waals surface area contributed by atoms with E-state index in [1.807, 2.05) is 38.1 Å². The molecule has 1 N–H and O–H groups in total. The van der Waals surface area contributed by atoms with Crippen LogP contribution in [-0.4, -0.2) is 30.2 Å². The molecule has 0 spiro atoms. The second-order valence-electron chi connectivity index (χ2n) is 8.55. The maximum absolute atomic E-state index is 9.40. The maximum Gasteiger partial charge on any atom is 0.144 e. The van der Waals surface area contributed by atoms with E-state index in [1.54, 1.807) is 7.11 Å². The molecule has 1 aromatic heterocycles. The normalized spacial score (nSPS) is 15.0. The van der Waals surface area contributed by atoms with Gasteiger partial charge in [0, 0.05) is 30.5 Å². The van der Waals surface area contributed by atoms with E-state index in [0.29, 0.717) is 11.4 Å². The number of anilines is 2. The molecule has 1 aliphatic heterocycles. The molecular weight excluding hydrogens is 412 g/mol. The number of methoxy groups -OCH3 is 1. The Morgan fingerprint density at radius 1 is 1.15 bits per heavy atom. The lowest BCUT2D eigenvalue weighted by molar-refractivity contribution is 0.410. The molecule has 1 saturated heterocycles. The highest BCUT2D eigenvalue weighted by Gasteiger charge is 2.23. The van der Waals surface area contributed by atoms with Crippen molar-refractivity contribution in [2.24, 2.45) is 5.92 Å². The first kappa shape index (κ1) is 22.4. The monoisotopic (exact) mass is 440 g/mol. The van der Waals surface area contributed by atoms with Crippen molar-refractivity contribution in [3.8, 4) is 17.9 Å². The summed E-state index contributed by atoms with van der Waals surface area (Å²) >= 11 is 0. The summed E-state index contributed by atoms with van der Waals surface area (Å²) < 4.78 is 5.71. The first-order valence-corrected chi connectivity index (χ1v) is 11.2. The Balaban J connectivity index is 1.74. The van der Waals surface area contributed by atoms with E-state index in [0.717, 1.165) is 65.2 Å². The third kappa shape index (κ3) is 4.40. The molecule has 7 heteroatoms. The summed E-state index contributed by atoms with van der Waals surface area (Å²) in [4.78, 5) is 11.6. The van der Waals surface area contributed by atoms with Gasteiger partial charge in [0.05, 0.1) is 42.1 Å². The van der Waals surface area contributed by atoms with E-state index in [9.17, 15) is 10.5 Å². The molecule has 0 amide bonds. The number of aryl methyl sites for hydroxylation is 1. The number of nitrogens with one attached hydrogen (secondary N) is 1. The van der Waals surface area contributed by atoms with Crippen molar-refractivity contribution in [3.63, 3.8) is 0 Å². The molecule has 3 aromatic rings. The molecule has 2 aromatic carbocycles. The van der Waals surface area contributed by atoms with Crippen molar-refractivity contribution in [2.45, 2.75) is 39.7 Å². The number of fused-ring (bicyclic) bond motifs is 1. The zero-order chi connectivity index (χ0) is 23.5. The van der Waals surface area contributed by atoms with Crippen molar-refractivity contribution < 1.29 is 4.74 Å². The van der Waals surface area contributed by atoms with Crippen LogP contribution in [0.2, 0.25) is 0 Å². The summed E-state index contributed by atoms with van der Waals surface area (Å²) in [7, 11) is 1.67. The van der Waals surface area contributed by atoms with Crippen LogP contribution in [0, 0.1) is 42.4 Å². The second kappa shape index (κ2) is 9.34. The van der Waals surface area contributed by atoms with Crippen LogP contribution in [-0.2, 0) is 0 Å². The molecule has 1 unspecified atom stereocenters. The van der Waals surface area contributed by atoms with Crippen LogP contribution in [0.1, 0.15) is 48.3 Å². The van der Waals surface area contributed by atoms with Gasteiger partial charge in [-0.1, -0.05) is 12.1 Å². The number of nitrogens with zero attached hydrogens (tertiary/aromatic N) is 5. The highest BCUT2D eigenvalue weighted by atomic mass is 16.5. The van der Waals surface area contributed by atoms with Crippen molar-refractivity contribution in [2.75, 3.05) is 30.4 Å². The van der Waals surface area contributed by atoms with Gasteiger partial charge in [-0.15, -0.1) is 0 Å². The van der Waals surface area contributed by atoms with Crippen molar-refractivity contribution in [1.82, 2.24) is 9.97 Å². The summed E-state index contributed by atoms with van der Waals surface area (Å²) in [6.45, 7) is 7.55. The molecule has 2 heterocycles. The quantitative estimate of drug-likeness (QED) is 0.593. The van der Waals surface area contributed by atoms with Crippen LogP contribution >= 0.6 is 0 Å². The van der Waals surface area contributed by atoms with Gasteiger partial charge in [-0.05, 0) is 56.9 Å². The van der Waals surface area contributed by atoms with Gasteiger partial charge < -0.3 is 15.0 Å². The van der Waals surface area contributed by atoms with Crippen LogP contribution in [0.25, 0.3) is 10.9 Å². The van der Waals surface area contributed by atoms with E-state index in [1.165, 1.54) is 0 Å². The molecule has 1 fully saturated rings. The third-order valence-electron chi connectivity index (χ3n) is 6.44. The Morgan fingerprint density at radius 3 is 2.58 bits per heavy atom. The fourth-order valence-corrected chi connectivity index (χ4v) is 4.56. The molecule has 1 aliphatic rings. The largest absolute Gasteiger partial charge is 0.495 e. The highest BCUT2D eigenvalue weighted by molar-refractivity contribution is 5.94. The summed E-state index contributed by atoms with van der Waals surface area (Å²) in [6.07, 6.45) is 1.69. The predicted octanol–water partition coefficient (Wildman–Crippen LogP) is 5.04. The van der Waals surface area contributed by atoms with Crippen LogP contribution in [0.4, 0.5) is 11.5 Å². The standard InChI is InChI=1S/C26H28N6O/c1-16-20(15-28)6-5-7-21(16)17(2)29-26-22-12-24(32-10-8-19(14-27)9-11-32)25(33-4)13-23(22)30-18(3)31-26/h5-7,12-13,17,19H,8-11H2,1-4H3,(H,29,30,31). The summed E-state index contributed by atoms with van der Waals surface area (Å²) in [5, 5.41) is 23.1. The Morgan fingerprint density at radius 2 is 1.91 bits per heavy atom. The number of hydrogen-bond donors (Lipinski definition) is 1. The molecule has 4 rings (SSSR count). The minimum atomic E-state index is -0.0484. The Bertz CT molecular complexity index is 1260. The first-order chi connectivity index (χ1) is 15.9. The number of nitriles is 2. The van der Waals surface area contributed by atoms with Crippen LogP contribution < -0.4 is 15.0 Å². The summed E-state index contributed by atoms with van der Waals surface area (Å²) in [5.74, 6) is 2.31. The van der Waals surface area contributed by atoms with Gasteiger partial charge in [-0.3, -0.25) is 0 Å². The van der Waals surface area contributed by atoms with Gasteiger partial charge in [0.2, 0.25) is 0 Å². The van der Waals surface area contributed by atoms with Gasteiger partial charge in [-0.2, -0.15) is 10.5 Å². The molecule has 0 saturated carbocycles. The molecule has 1 atom stereocenters. The Labute approximate surface area is 194 Å². The minimum Gasteiger partial charge on any atom is -0.495 e. The van der Waals surface area contributed by atoms with Gasteiger partial charge in [-0.25, -0.2) is 9.97 Å². The summed E-state index contributed by atoms with van der Waals surface area (Å²) in [5.41, 5.74) is 4.51.